The first-order chi connectivity index (χ1) is 10.0. The fourth-order valence-electron chi connectivity index (χ4n) is 1.76. The fraction of sp³-hybridized carbons (Fsp3) is 0.188. The van der Waals surface area contributed by atoms with Crippen molar-refractivity contribution in [2.45, 2.75) is 19.2 Å². The predicted molar refractivity (Wildman–Crippen MR) is 75.7 cm³/mol. The number of aliphatic hydroxyl groups is 1. The van der Waals surface area contributed by atoms with Crippen LogP contribution < -0.4 is 0 Å². The van der Waals surface area contributed by atoms with Crippen LogP contribution in [0.1, 0.15) is 23.6 Å². The Labute approximate surface area is 122 Å². The van der Waals surface area contributed by atoms with E-state index in [0.717, 1.165) is 5.56 Å². The Kier molecular flexibility index (Phi) is 4.41. The SMILES string of the molecule is CC(O)(N=NCc1ccc(F)cc1)c1ccc(C#N)cc1. The van der Waals surface area contributed by atoms with Crippen LogP contribution in [0.15, 0.2) is 58.8 Å². The van der Waals surface area contributed by atoms with Crippen molar-refractivity contribution in [1.29, 1.82) is 5.26 Å². The third-order valence-corrected chi connectivity index (χ3v) is 2.99. The Balaban J connectivity index is 2.07. The molecule has 1 atom stereocenters. The summed E-state index contributed by atoms with van der Waals surface area (Å²) in [5, 5.41) is 26.9. The minimum atomic E-state index is -1.46. The summed E-state index contributed by atoms with van der Waals surface area (Å²) in [4.78, 5) is 0. The first kappa shape index (κ1) is 14.8. The molecule has 0 saturated heterocycles. The molecule has 1 N–H and O–H groups in total. The van der Waals surface area contributed by atoms with Gasteiger partial charge in [-0.2, -0.15) is 15.5 Å². The van der Waals surface area contributed by atoms with Gasteiger partial charge < -0.3 is 5.11 Å². The van der Waals surface area contributed by atoms with Crippen LogP contribution in [-0.4, -0.2) is 5.11 Å². The summed E-state index contributed by atoms with van der Waals surface area (Å²) < 4.78 is 12.8. The summed E-state index contributed by atoms with van der Waals surface area (Å²) in [7, 11) is 0. The van der Waals surface area contributed by atoms with Crippen molar-refractivity contribution in [2.75, 3.05) is 0 Å². The normalized spacial score (nSPS) is 13.8. The molecule has 0 aliphatic carbocycles. The number of halogens is 1. The lowest BCUT2D eigenvalue weighted by atomic mass is 10.0. The smallest absolute Gasteiger partial charge is 0.199 e. The Morgan fingerprint density at radius 2 is 1.76 bits per heavy atom. The molecule has 0 aliphatic heterocycles. The zero-order valence-electron chi connectivity index (χ0n) is 11.5. The van der Waals surface area contributed by atoms with Crippen molar-refractivity contribution in [3.63, 3.8) is 0 Å². The summed E-state index contributed by atoms with van der Waals surface area (Å²) in [6.45, 7) is 1.77. The van der Waals surface area contributed by atoms with Gasteiger partial charge in [0.25, 0.3) is 0 Å². The van der Waals surface area contributed by atoms with Crippen molar-refractivity contribution in [3.8, 4) is 6.07 Å². The van der Waals surface area contributed by atoms with E-state index in [2.05, 4.69) is 10.2 Å². The van der Waals surface area contributed by atoms with Gasteiger partial charge in [0, 0.05) is 5.56 Å². The minimum absolute atomic E-state index is 0.257. The Bertz CT molecular complexity index is 670. The third kappa shape index (κ3) is 3.94. The van der Waals surface area contributed by atoms with Gasteiger partial charge in [-0.25, -0.2) is 4.39 Å². The summed E-state index contributed by atoms with van der Waals surface area (Å²) in [6.07, 6.45) is 0. The van der Waals surface area contributed by atoms with E-state index in [0.29, 0.717) is 11.1 Å². The topological polar surface area (TPSA) is 68.7 Å². The number of azo groups is 1. The number of hydrogen-bond acceptors (Lipinski definition) is 4. The first-order valence-corrected chi connectivity index (χ1v) is 6.37. The number of rotatable bonds is 4. The van der Waals surface area contributed by atoms with Gasteiger partial charge in [0.15, 0.2) is 5.72 Å². The summed E-state index contributed by atoms with van der Waals surface area (Å²) in [6, 6.07) is 14.4. The maximum Gasteiger partial charge on any atom is 0.199 e. The lowest BCUT2D eigenvalue weighted by Gasteiger charge is -2.17. The highest BCUT2D eigenvalue weighted by atomic mass is 19.1. The molecule has 0 saturated carbocycles. The molecular weight excluding hydrogens is 269 g/mol. The van der Waals surface area contributed by atoms with Crippen LogP contribution in [0.25, 0.3) is 0 Å². The van der Waals surface area contributed by atoms with E-state index in [4.69, 9.17) is 5.26 Å². The number of nitriles is 1. The Hall–Kier alpha value is -2.58. The van der Waals surface area contributed by atoms with Crippen molar-refractivity contribution in [1.82, 2.24) is 0 Å². The summed E-state index contributed by atoms with van der Waals surface area (Å²) >= 11 is 0. The lowest BCUT2D eigenvalue weighted by Crippen LogP contribution is -2.17. The van der Waals surface area contributed by atoms with Gasteiger partial charge in [-0.3, -0.25) is 0 Å². The molecule has 0 fully saturated rings. The number of hydrogen-bond donors (Lipinski definition) is 1. The van der Waals surface area contributed by atoms with Gasteiger partial charge in [-0.15, -0.1) is 0 Å². The first-order valence-electron chi connectivity index (χ1n) is 6.37. The molecule has 2 aromatic carbocycles. The van der Waals surface area contributed by atoms with E-state index in [-0.39, 0.29) is 12.4 Å². The van der Waals surface area contributed by atoms with Crippen molar-refractivity contribution < 1.29 is 9.50 Å². The standard InChI is InChI=1S/C16H14FN3O/c1-16(21,14-6-2-12(10-18)3-7-14)20-19-11-13-4-8-15(17)9-5-13/h2-9,21H,11H2,1H3. The largest absolute Gasteiger partial charge is 0.364 e. The van der Waals surface area contributed by atoms with E-state index in [1.807, 2.05) is 6.07 Å². The van der Waals surface area contributed by atoms with Gasteiger partial charge >= 0.3 is 0 Å². The highest BCUT2D eigenvalue weighted by molar-refractivity contribution is 5.33. The quantitative estimate of drug-likeness (QED) is 0.872. The van der Waals surface area contributed by atoms with E-state index < -0.39 is 5.72 Å². The van der Waals surface area contributed by atoms with Crippen LogP contribution in [0.2, 0.25) is 0 Å². The van der Waals surface area contributed by atoms with E-state index in [1.54, 1.807) is 36.4 Å². The van der Waals surface area contributed by atoms with Crippen molar-refractivity contribution in [2.24, 2.45) is 10.2 Å². The second-order valence-corrected chi connectivity index (χ2v) is 4.74. The molecule has 0 aromatic heterocycles. The van der Waals surface area contributed by atoms with E-state index in [1.165, 1.54) is 19.1 Å². The van der Waals surface area contributed by atoms with Crippen LogP contribution in [0.5, 0.6) is 0 Å². The molecule has 21 heavy (non-hydrogen) atoms. The molecule has 0 heterocycles. The third-order valence-electron chi connectivity index (χ3n) is 2.99. The minimum Gasteiger partial charge on any atom is -0.364 e. The molecule has 2 aromatic rings. The Morgan fingerprint density at radius 3 is 2.33 bits per heavy atom. The maximum atomic E-state index is 12.8. The molecule has 106 valence electrons. The van der Waals surface area contributed by atoms with Gasteiger partial charge in [-0.1, -0.05) is 24.3 Å². The molecule has 0 aliphatic rings. The van der Waals surface area contributed by atoms with Crippen LogP contribution in [0.3, 0.4) is 0 Å². The average Bonchev–Trinajstić information content (AvgIpc) is 2.49. The molecule has 0 bridgehead atoms. The second-order valence-electron chi connectivity index (χ2n) is 4.74. The number of benzene rings is 2. The molecule has 2 rings (SSSR count). The van der Waals surface area contributed by atoms with Gasteiger partial charge in [-0.05, 0) is 36.8 Å². The summed E-state index contributed by atoms with van der Waals surface area (Å²) in [5.41, 5.74) is 0.395. The maximum absolute atomic E-state index is 12.8. The van der Waals surface area contributed by atoms with Crippen LogP contribution in [-0.2, 0) is 12.3 Å². The fourth-order valence-corrected chi connectivity index (χ4v) is 1.76. The predicted octanol–water partition coefficient (Wildman–Crippen LogP) is 3.51. The lowest BCUT2D eigenvalue weighted by molar-refractivity contribution is 0.0581. The second kappa shape index (κ2) is 6.25. The summed E-state index contributed by atoms with van der Waals surface area (Å²) in [5.74, 6) is -0.305. The Morgan fingerprint density at radius 1 is 1.14 bits per heavy atom. The van der Waals surface area contributed by atoms with Crippen molar-refractivity contribution in [3.05, 3.63) is 71.0 Å². The molecular formula is C16H14FN3O. The van der Waals surface area contributed by atoms with Crippen LogP contribution in [0, 0.1) is 17.1 Å². The van der Waals surface area contributed by atoms with Gasteiger partial charge in [0.2, 0.25) is 0 Å². The molecule has 5 heteroatoms. The van der Waals surface area contributed by atoms with Crippen molar-refractivity contribution >= 4 is 0 Å². The molecule has 0 spiro atoms. The highest BCUT2D eigenvalue weighted by Gasteiger charge is 2.21. The average molecular weight is 283 g/mol. The van der Waals surface area contributed by atoms with Gasteiger partial charge in [0.05, 0.1) is 18.2 Å². The molecule has 0 amide bonds. The molecule has 1 unspecified atom stereocenters. The number of nitrogens with zero attached hydrogens (tertiary/aromatic N) is 3. The molecule has 0 radical (unpaired) electrons. The van der Waals surface area contributed by atoms with Crippen LogP contribution in [0.4, 0.5) is 4.39 Å². The molecule has 4 nitrogen and oxygen atoms in total. The van der Waals surface area contributed by atoms with E-state index >= 15 is 0 Å². The van der Waals surface area contributed by atoms with Crippen LogP contribution >= 0.6 is 0 Å². The monoisotopic (exact) mass is 283 g/mol. The van der Waals surface area contributed by atoms with E-state index in [9.17, 15) is 9.50 Å². The zero-order chi connectivity index (χ0) is 15.3. The van der Waals surface area contributed by atoms with Gasteiger partial charge in [0.1, 0.15) is 5.82 Å². The zero-order valence-corrected chi connectivity index (χ0v) is 11.5. The highest BCUT2D eigenvalue weighted by Crippen LogP contribution is 2.23.